The van der Waals surface area contributed by atoms with Crippen molar-refractivity contribution < 1.29 is 4.79 Å². The summed E-state index contributed by atoms with van der Waals surface area (Å²) in [5.41, 5.74) is 6.84. The van der Waals surface area contributed by atoms with Gasteiger partial charge in [-0.25, -0.2) is 0 Å². The lowest BCUT2D eigenvalue weighted by atomic mass is 9.83. The van der Waals surface area contributed by atoms with Crippen LogP contribution in [0.5, 0.6) is 0 Å². The number of hydrogen-bond donors (Lipinski definition) is 2. The van der Waals surface area contributed by atoms with Crippen molar-refractivity contribution in [2.45, 2.75) is 37.9 Å². The fraction of sp³-hybridized carbons (Fsp3) is 0.533. The number of nitrogens with one attached hydrogen (secondary N) is 1. The van der Waals surface area contributed by atoms with Crippen LogP contribution in [-0.4, -0.2) is 24.0 Å². The van der Waals surface area contributed by atoms with Crippen molar-refractivity contribution in [3.05, 3.63) is 29.8 Å². The van der Waals surface area contributed by atoms with Gasteiger partial charge < -0.3 is 11.1 Å². The van der Waals surface area contributed by atoms with Crippen molar-refractivity contribution in [2.24, 2.45) is 0 Å². The summed E-state index contributed by atoms with van der Waals surface area (Å²) in [6, 6.07) is 7.50. The van der Waals surface area contributed by atoms with Crippen LogP contribution in [0.25, 0.3) is 0 Å². The lowest BCUT2D eigenvalue weighted by Crippen LogP contribution is -2.40. The van der Waals surface area contributed by atoms with Gasteiger partial charge in [0.2, 0.25) is 5.91 Å². The average molecular weight is 280 g/mol. The Labute approximate surface area is 120 Å². The normalized spacial score (nSPS) is 13.1. The maximum absolute atomic E-state index is 12.3. The Kier molecular flexibility index (Phi) is 5.73. The molecule has 106 valence electrons. The first-order chi connectivity index (χ1) is 8.87. The Bertz CT molecular complexity index is 415. The predicted octanol–water partition coefficient (Wildman–Crippen LogP) is 2.80. The van der Waals surface area contributed by atoms with Gasteiger partial charge in [-0.2, -0.15) is 11.8 Å². The summed E-state index contributed by atoms with van der Waals surface area (Å²) in [7, 11) is 0. The molecule has 1 atom stereocenters. The van der Waals surface area contributed by atoms with Crippen LogP contribution >= 0.6 is 11.8 Å². The van der Waals surface area contributed by atoms with Gasteiger partial charge in [-0.15, -0.1) is 0 Å². The SMILES string of the molecule is CSC(C)CCNC(=O)C(C)(C)c1ccc(N)cc1. The van der Waals surface area contributed by atoms with Crippen LogP contribution in [0.3, 0.4) is 0 Å². The monoisotopic (exact) mass is 280 g/mol. The van der Waals surface area contributed by atoms with Crippen LogP contribution in [0.4, 0.5) is 5.69 Å². The molecule has 0 aliphatic carbocycles. The van der Waals surface area contributed by atoms with E-state index < -0.39 is 5.41 Å². The zero-order chi connectivity index (χ0) is 14.5. The first kappa shape index (κ1) is 15.9. The van der Waals surface area contributed by atoms with Gasteiger partial charge in [-0.05, 0) is 44.2 Å². The lowest BCUT2D eigenvalue weighted by molar-refractivity contribution is -0.125. The van der Waals surface area contributed by atoms with E-state index in [2.05, 4.69) is 18.5 Å². The summed E-state index contributed by atoms with van der Waals surface area (Å²) in [5.74, 6) is 0.0607. The van der Waals surface area contributed by atoms with E-state index in [0.717, 1.165) is 18.5 Å². The molecule has 0 aliphatic rings. The van der Waals surface area contributed by atoms with Crippen molar-refractivity contribution >= 4 is 23.4 Å². The number of thioether (sulfide) groups is 1. The minimum Gasteiger partial charge on any atom is -0.399 e. The van der Waals surface area contributed by atoms with Crippen LogP contribution in [0.2, 0.25) is 0 Å². The molecule has 0 spiro atoms. The highest BCUT2D eigenvalue weighted by Crippen LogP contribution is 2.24. The summed E-state index contributed by atoms with van der Waals surface area (Å²) in [6.07, 6.45) is 3.08. The molecule has 0 bridgehead atoms. The van der Waals surface area contributed by atoms with Gasteiger partial charge >= 0.3 is 0 Å². The fourth-order valence-corrected chi connectivity index (χ4v) is 2.11. The molecule has 19 heavy (non-hydrogen) atoms. The van der Waals surface area contributed by atoms with Crippen molar-refractivity contribution in [1.29, 1.82) is 0 Å². The second kappa shape index (κ2) is 6.85. The summed E-state index contributed by atoms with van der Waals surface area (Å²) in [5, 5.41) is 3.59. The number of amides is 1. The molecule has 0 aromatic heterocycles. The Morgan fingerprint density at radius 3 is 2.47 bits per heavy atom. The first-order valence-corrected chi connectivity index (χ1v) is 7.84. The molecular weight excluding hydrogens is 256 g/mol. The molecule has 1 unspecified atom stereocenters. The summed E-state index contributed by atoms with van der Waals surface area (Å²) in [6.45, 7) is 6.76. The third-order valence-electron chi connectivity index (χ3n) is 3.44. The number of benzene rings is 1. The number of nitrogens with two attached hydrogens (primary N) is 1. The fourth-order valence-electron chi connectivity index (χ4n) is 1.76. The van der Waals surface area contributed by atoms with E-state index in [0.29, 0.717) is 10.9 Å². The smallest absolute Gasteiger partial charge is 0.230 e. The van der Waals surface area contributed by atoms with Crippen LogP contribution in [0.15, 0.2) is 24.3 Å². The Morgan fingerprint density at radius 2 is 1.95 bits per heavy atom. The molecular formula is C15H24N2OS. The quantitative estimate of drug-likeness (QED) is 0.788. The van der Waals surface area contributed by atoms with Gasteiger partial charge in [0.15, 0.2) is 0 Å². The van der Waals surface area contributed by atoms with Gasteiger partial charge in [0, 0.05) is 17.5 Å². The highest BCUT2D eigenvalue weighted by molar-refractivity contribution is 7.99. The highest BCUT2D eigenvalue weighted by Gasteiger charge is 2.29. The summed E-state index contributed by atoms with van der Waals surface area (Å²) in [4.78, 5) is 12.3. The van der Waals surface area contributed by atoms with Crippen molar-refractivity contribution in [3.63, 3.8) is 0 Å². The van der Waals surface area contributed by atoms with Crippen LogP contribution < -0.4 is 11.1 Å². The molecule has 1 rings (SSSR count). The molecule has 0 saturated heterocycles. The lowest BCUT2D eigenvalue weighted by Gasteiger charge is -2.24. The highest BCUT2D eigenvalue weighted by atomic mass is 32.2. The molecule has 0 aliphatic heterocycles. The average Bonchev–Trinajstić information content (AvgIpc) is 2.38. The van der Waals surface area contributed by atoms with E-state index >= 15 is 0 Å². The zero-order valence-electron chi connectivity index (χ0n) is 12.2. The van der Waals surface area contributed by atoms with Crippen LogP contribution in [0.1, 0.15) is 32.8 Å². The first-order valence-electron chi connectivity index (χ1n) is 6.55. The molecule has 0 heterocycles. The molecule has 1 amide bonds. The minimum absolute atomic E-state index is 0.0607. The summed E-state index contributed by atoms with van der Waals surface area (Å²) >= 11 is 1.82. The molecule has 1 aromatic rings. The third kappa shape index (κ3) is 4.46. The molecule has 4 heteroatoms. The van der Waals surface area contributed by atoms with E-state index in [4.69, 9.17) is 5.73 Å². The largest absolute Gasteiger partial charge is 0.399 e. The topological polar surface area (TPSA) is 55.1 Å². The third-order valence-corrected chi connectivity index (χ3v) is 4.48. The number of anilines is 1. The predicted molar refractivity (Wildman–Crippen MR) is 84.5 cm³/mol. The number of hydrogen-bond acceptors (Lipinski definition) is 3. The number of carbonyl (C=O) groups is 1. The van der Waals surface area contributed by atoms with Crippen molar-refractivity contribution in [1.82, 2.24) is 5.32 Å². The van der Waals surface area contributed by atoms with E-state index in [1.54, 1.807) is 0 Å². The summed E-state index contributed by atoms with van der Waals surface area (Å²) < 4.78 is 0. The van der Waals surface area contributed by atoms with E-state index in [1.165, 1.54) is 0 Å². The van der Waals surface area contributed by atoms with Crippen molar-refractivity contribution in [2.75, 3.05) is 18.5 Å². The van der Waals surface area contributed by atoms with Gasteiger partial charge in [-0.1, -0.05) is 19.1 Å². The molecule has 0 fully saturated rings. The molecule has 1 aromatic carbocycles. The van der Waals surface area contributed by atoms with E-state index in [-0.39, 0.29) is 5.91 Å². The van der Waals surface area contributed by atoms with Gasteiger partial charge in [0.05, 0.1) is 5.41 Å². The van der Waals surface area contributed by atoms with E-state index in [9.17, 15) is 4.79 Å². The van der Waals surface area contributed by atoms with Crippen molar-refractivity contribution in [3.8, 4) is 0 Å². The molecule has 0 radical (unpaired) electrons. The maximum atomic E-state index is 12.3. The minimum atomic E-state index is -0.531. The molecule has 0 saturated carbocycles. The van der Waals surface area contributed by atoms with Gasteiger partial charge in [0.25, 0.3) is 0 Å². The number of nitrogen functional groups attached to an aromatic ring is 1. The second-order valence-electron chi connectivity index (χ2n) is 5.34. The van der Waals surface area contributed by atoms with Gasteiger partial charge in [0.1, 0.15) is 0 Å². The van der Waals surface area contributed by atoms with E-state index in [1.807, 2.05) is 49.9 Å². The molecule has 3 N–H and O–H groups in total. The Hall–Kier alpha value is -1.16. The van der Waals surface area contributed by atoms with Crippen LogP contribution in [-0.2, 0) is 10.2 Å². The maximum Gasteiger partial charge on any atom is 0.230 e. The standard InChI is InChI=1S/C15H24N2OS/c1-11(19-4)9-10-17-14(18)15(2,3)12-5-7-13(16)8-6-12/h5-8,11H,9-10,16H2,1-4H3,(H,17,18). The number of rotatable bonds is 6. The second-order valence-corrected chi connectivity index (χ2v) is 6.61. The van der Waals surface area contributed by atoms with Crippen LogP contribution in [0, 0.1) is 0 Å². The number of carbonyl (C=O) groups excluding carboxylic acids is 1. The zero-order valence-corrected chi connectivity index (χ0v) is 13.0. The van der Waals surface area contributed by atoms with Gasteiger partial charge in [-0.3, -0.25) is 4.79 Å². The molecule has 3 nitrogen and oxygen atoms in total. The Morgan fingerprint density at radius 1 is 1.37 bits per heavy atom. The Balaban J connectivity index is 2.61.